The molecule has 0 aliphatic carbocycles. The third-order valence-electron chi connectivity index (χ3n) is 4.16. The standard InChI is InChI=1S/C16H16N4O4S/c1-2-13-18-19-16(25-13)17-15(22)9-5-14(21)20(7-9)10-3-4-11-12(6-10)24-8-23-11/h3-4,6,9H,2,5,7-8H2,1H3,(H,17,19,22). The third-order valence-corrected chi connectivity index (χ3v) is 5.15. The Morgan fingerprint density at radius 3 is 3.00 bits per heavy atom. The number of aromatic nitrogens is 2. The lowest BCUT2D eigenvalue weighted by atomic mass is 10.1. The van der Waals surface area contributed by atoms with E-state index in [4.69, 9.17) is 9.47 Å². The molecule has 1 aromatic heterocycles. The Hall–Kier alpha value is -2.68. The fourth-order valence-corrected chi connectivity index (χ4v) is 3.52. The summed E-state index contributed by atoms with van der Waals surface area (Å²) in [6, 6.07) is 5.33. The van der Waals surface area contributed by atoms with E-state index < -0.39 is 5.92 Å². The van der Waals surface area contributed by atoms with Gasteiger partial charge in [-0.2, -0.15) is 0 Å². The van der Waals surface area contributed by atoms with E-state index in [-0.39, 0.29) is 25.0 Å². The molecule has 0 bridgehead atoms. The van der Waals surface area contributed by atoms with Gasteiger partial charge in [0.05, 0.1) is 5.92 Å². The van der Waals surface area contributed by atoms with Crippen molar-refractivity contribution in [3.05, 3.63) is 23.2 Å². The zero-order valence-corrected chi connectivity index (χ0v) is 14.3. The number of hydrogen-bond donors (Lipinski definition) is 1. The summed E-state index contributed by atoms with van der Waals surface area (Å²) in [5, 5.41) is 12.0. The number of fused-ring (bicyclic) bond motifs is 1. The Balaban J connectivity index is 1.45. The van der Waals surface area contributed by atoms with Crippen LogP contribution in [0.2, 0.25) is 0 Å². The molecule has 0 radical (unpaired) electrons. The molecule has 2 aromatic rings. The summed E-state index contributed by atoms with van der Waals surface area (Å²) in [4.78, 5) is 26.4. The van der Waals surface area contributed by atoms with Crippen molar-refractivity contribution in [2.75, 3.05) is 23.6 Å². The zero-order chi connectivity index (χ0) is 17.4. The van der Waals surface area contributed by atoms with Crippen LogP contribution in [0.5, 0.6) is 11.5 Å². The third kappa shape index (κ3) is 3.02. The first kappa shape index (κ1) is 15.8. The molecule has 0 saturated carbocycles. The van der Waals surface area contributed by atoms with E-state index in [1.165, 1.54) is 11.3 Å². The molecular weight excluding hydrogens is 344 g/mol. The van der Waals surface area contributed by atoms with Crippen LogP contribution in [0.25, 0.3) is 0 Å². The van der Waals surface area contributed by atoms with Gasteiger partial charge in [-0.3, -0.25) is 9.59 Å². The molecule has 2 aliphatic rings. The lowest BCUT2D eigenvalue weighted by Gasteiger charge is -2.16. The first-order valence-electron chi connectivity index (χ1n) is 7.97. The molecule has 3 heterocycles. The van der Waals surface area contributed by atoms with Gasteiger partial charge in [0.1, 0.15) is 5.01 Å². The van der Waals surface area contributed by atoms with Crippen LogP contribution in [0.1, 0.15) is 18.4 Å². The molecule has 0 spiro atoms. The van der Waals surface area contributed by atoms with Gasteiger partial charge in [-0.1, -0.05) is 18.3 Å². The Bertz CT molecular complexity index is 837. The minimum atomic E-state index is -0.424. The van der Waals surface area contributed by atoms with Gasteiger partial charge < -0.3 is 19.7 Å². The normalized spacial score (nSPS) is 18.7. The molecule has 1 atom stereocenters. The van der Waals surface area contributed by atoms with Crippen LogP contribution in [0, 0.1) is 5.92 Å². The second-order valence-electron chi connectivity index (χ2n) is 5.79. The van der Waals surface area contributed by atoms with Crippen LogP contribution in [0.4, 0.5) is 10.8 Å². The smallest absolute Gasteiger partial charge is 0.231 e. The molecular formula is C16H16N4O4S. The largest absolute Gasteiger partial charge is 0.454 e. The summed E-state index contributed by atoms with van der Waals surface area (Å²) in [5.74, 6) is 0.541. The highest BCUT2D eigenvalue weighted by Gasteiger charge is 2.36. The Labute approximate surface area is 147 Å². The summed E-state index contributed by atoms with van der Waals surface area (Å²) in [5.41, 5.74) is 0.703. The van der Waals surface area contributed by atoms with Crippen molar-refractivity contribution in [2.24, 2.45) is 5.92 Å². The van der Waals surface area contributed by atoms with E-state index in [9.17, 15) is 9.59 Å². The lowest BCUT2D eigenvalue weighted by molar-refractivity contribution is -0.122. The number of benzene rings is 1. The maximum absolute atomic E-state index is 12.4. The van der Waals surface area contributed by atoms with Crippen molar-refractivity contribution in [3.8, 4) is 11.5 Å². The molecule has 2 amide bonds. The first-order chi connectivity index (χ1) is 12.1. The van der Waals surface area contributed by atoms with Crippen molar-refractivity contribution in [2.45, 2.75) is 19.8 Å². The number of hydrogen-bond acceptors (Lipinski definition) is 7. The van der Waals surface area contributed by atoms with E-state index in [1.807, 2.05) is 6.92 Å². The molecule has 1 unspecified atom stereocenters. The molecule has 9 heteroatoms. The molecule has 25 heavy (non-hydrogen) atoms. The van der Waals surface area contributed by atoms with E-state index in [2.05, 4.69) is 15.5 Å². The summed E-state index contributed by atoms with van der Waals surface area (Å²) in [6.45, 7) is 2.48. The fraction of sp³-hybridized carbons (Fsp3) is 0.375. The molecule has 1 N–H and O–H groups in total. The molecule has 1 saturated heterocycles. The Morgan fingerprint density at radius 2 is 2.20 bits per heavy atom. The van der Waals surface area contributed by atoms with E-state index in [1.54, 1.807) is 23.1 Å². The summed E-state index contributed by atoms with van der Waals surface area (Å²) in [7, 11) is 0. The van der Waals surface area contributed by atoms with Crippen LogP contribution in [0.3, 0.4) is 0 Å². The summed E-state index contributed by atoms with van der Waals surface area (Å²) < 4.78 is 10.6. The van der Waals surface area contributed by atoms with E-state index in [0.717, 1.165) is 11.4 Å². The number of ether oxygens (including phenoxy) is 2. The minimum Gasteiger partial charge on any atom is -0.454 e. The molecule has 8 nitrogen and oxygen atoms in total. The predicted molar refractivity (Wildman–Crippen MR) is 90.9 cm³/mol. The number of rotatable bonds is 4. The SMILES string of the molecule is CCc1nnc(NC(=O)C2CC(=O)N(c3ccc4c(c3)OCO4)C2)s1. The van der Waals surface area contributed by atoms with Crippen LogP contribution >= 0.6 is 11.3 Å². The highest BCUT2D eigenvalue weighted by molar-refractivity contribution is 7.15. The van der Waals surface area contributed by atoms with Gasteiger partial charge in [-0.15, -0.1) is 10.2 Å². The Kier molecular flexibility index (Phi) is 4.00. The second kappa shape index (κ2) is 6.32. The average molecular weight is 360 g/mol. The maximum Gasteiger partial charge on any atom is 0.231 e. The van der Waals surface area contributed by atoms with Crippen molar-refractivity contribution in [1.82, 2.24) is 10.2 Å². The molecule has 1 fully saturated rings. The molecule has 4 rings (SSSR count). The number of amides is 2. The van der Waals surface area contributed by atoms with Crippen LogP contribution in [-0.2, 0) is 16.0 Å². The van der Waals surface area contributed by atoms with Crippen molar-refractivity contribution in [3.63, 3.8) is 0 Å². The average Bonchev–Trinajstić information content (AvgIpc) is 3.33. The van der Waals surface area contributed by atoms with E-state index >= 15 is 0 Å². The van der Waals surface area contributed by atoms with Crippen molar-refractivity contribution >= 4 is 34.0 Å². The number of nitrogens with zero attached hydrogens (tertiary/aromatic N) is 3. The Morgan fingerprint density at radius 1 is 1.36 bits per heavy atom. The number of aryl methyl sites for hydroxylation is 1. The fourth-order valence-electron chi connectivity index (χ4n) is 2.84. The van der Waals surface area contributed by atoms with Crippen LogP contribution < -0.4 is 19.7 Å². The first-order valence-corrected chi connectivity index (χ1v) is 8.79. The monoisotopic (exact) mass is 360 g/mol. The lowest BCUT2D eigenvalue weighted by Crippen LogP contribution is -2.28. The topological polar surface area (TPSA) is 93.7 Å². The van der Waals surface area contributed by atoms with Gasteiger partial charge in [0.2, 0.25) is 23.7 Å². The highest BCUT2D eigenvalue weighted by Crippen LogP contribution is 2.37. The van der Waals surface area contributed by atoms with Gasteiger partial charge in [0.25, 0.3) is 0 Å². The van der Waals surface area contributed by atoms with Gasteiger partial charge in [0, 0.05) is 24.7 Å². The number of anilines is 2. The minimum absolute atomic E-state index is 0.0921. The van der Waals surface area contributed by atoms with Crippen LogP contribution in [0.15, 0.2) is 18.2 Å². The van der Waals surface area contributed by atoms with Gasteiger partial charge in [0.15, 0.2) is 11.5 Å². The summed E-state index contributed by atoms with van der Waals surface area (Å²) >= 11 is 1.35. The number of nitrogens with one attached hydrogen (secondary N) is 1. The predicted octanol–water partition coefficient (Wildman–Crippen LogP) is 1.82. The molecule has 2 aliphatic heterocycles. The van der Waals surface area contributed by atoms with Crippen molar-refractivity contribution < 1.29 is 19.1 Å². The molecule has 130 valence electrons. The van der Waals surface area contributed by atoms with Gasteiger partial charge in [-0.25, -0.2) is 0 Å². The highest BCUT2D eigenvalue weighted by atomic mass is 32.1. The molecule has 1 aromatic carbocycles. The quantitative estimate of drug-likeness (QED) is 0.894. The number of carbonyl (C=O) groups is 2. The maximum atomic E-state index is 12.4. The van der Waals surface area contributed by atoms with Crippen molar-refractivity contribution in [1.29, 1.82) is 0 Å². The second-order valence-corrected chi connectivity index (χ2v) is 6.85. The van der Waals surface area contributed by atoms with Crippen LogP contribution in [-0.4, -0.2) is 35.3 Å². The zero-order valence-electron chi connectivity index (χ0n) is 13.5. The van der Waals surface area contributed by atoms with E-state index in [0.29, 0.717) is 28.9 Å². The number of carbonyl (C=O) groups excluding carboxylic acids is 2. The summed E-state index contributed by atoms with van der Waals surface area (Å²) in [6.07, 6.45) is 0.938. The van der Waals surface area contributed by atoms with Gasteiger partial charge >= 0.3 is 0 Å². The van der Waals surface area contributed by atoms with Gasteiger partial charge in [-0.05, 0) is 18.6 Å².